The van der Waals surface area contributed by atoms with E-state index in [2.05, 4.69) is 5.32 Å². The Kier molecular flexibility index (Phi) is 4.28. The van der Waals surface area contributed by atoms with Gasteiger partial charge in [0.25, 0.3) is 0 Å². The molecule has 3 heteroatoms. The van der Waals surface area contributed by atoms with E-state index >= 15 is 0 Å². The minimum atomic E-state index is -0.0852. The van der Waals surface area contributed by atoms with Gasteiger partial charge in [-0.2, -0.15) is 0 Å². The molecule has 0 aromatic heterocycles. The van der Waals surface area contributed by atoms with E-state index in [1.807, 2.05) is 37.3 Å². The third-order valence-corrected chi connectivity index (χ3v) is 4.10. The van der Waals surface area contributed by atoms with Gasteiger partial charge in [-0.05, 0) is 37.2 Å². The van der Waals surface area contributed by atoms with Crippen LogP contribution < -0.4 is 5.32 Å². The molecule has 2 nitrogen and oxygen atoms in total. The molecule has 1 saturated carbocycles. The molecule has 1 aliphatic rings. The van der Waals surface area contributed by atoms with Crippen LogP contribution in [0.2, 0.25) is 0 Å². The zero-order valence-corrected chi connectivity index (χ0v) is 11.5. The minimum absolute atomic E-state index is 0.0852. The first kappa shape index (κ1) is 13.4. The topological polar surface area (TPSA) is 29.1 Å². The number of alkyl halides is 1. The minimum Gasteiger partial charge on any atom is -0.355 e. The van der Waals surface area contributed by atoms with Crippen molar-refractivity contribution in [1.82, 2.24) is 5.32 Å². The molecule has 1 aromatic carbocycles. The van der Waals surface area contributed by atoms with Crippen LogP contribution in [0.1, 0.15) is 37.7 Å². The van der Waals surface area contributed by atoms with E-state index in [0.29, 0.717) is 11.3 Å². The Morgan fingerprint density at radius 2 is 2.06 bits per heavy atom. The smallest absolute Gasteiger partial charge is 0.227 e. The average molecular weight is 266 g/mol. The monoisotopic (exact) mass is 265 g/mol. The molecule has 1 amide bonds. The number of hydrogen-bond donors (Lipinski definition) is 1. The second-order valence-corrected chi connectivity index (χ2v) is 5.67. The Bertz CT molecular complexity index is 400. The van der Waals surface area contributed by atoms with Crippen molar-refractivity contribution in [2.24, 2.45) is 5.41 Å². The number of amides is 1. The van der Waals surface area contributed by atoms with Gasteiger partial charge in [0.2, 0.25) is 5.91 Å². The summed E-state index contributed by atoms with van der Waals surface area (Å²) in [6.45, 7) is 2.72. The largest absolute Gasteiger partial charge is 0.355 e. The van der Waals surface area contributed by atoms with Gasteiger partial charge in [0.15, 0.2) is 0 Å². The van der Waals surface area contributed by atoms with Crippen LogP contribution in [0, 0.1) is 5.41 Å². The van der Waals surface area contributed by atoms with Crippen LogP contribution in [-0.4, -0.2) is 18.3 Å². The number of halogens is 1. The Labute approximate surface area is 114 Å². The summed E-state index contributed by atoms with van der Waals surface area (Å²) in [6.07, 6.45) is 3.40. The Balaban J connectivity index is 1.85. The number of benzene rings is 1. The molecular formula is C15H20ClNO. The van der Waals surface area contributed by atoms with Gasteiger partial charge in [-0.1, -0.05) is 30.3 Å². The van der Waals surface area contributed by atoms with Gasteiger partial charge < -0.3 is 5.32 Å². The molecule has 2 rings (SSSR count). The van der Waals surface area contributed by atoms with Gasteiger partial charge in [0.1, 0.15) is 0 Å². The number of hydrogen-bond acceptors (Lipinski definition) is 1. The predicted octanol–water partition coefficient (Wildman–Crippen LogP) is 3.32. The van der Waals surface area contributed by atoms with Crippen LogP contribution in [-0.2, 0) is 4.79 Å². The molecule has 98 valence electrons. The highest BCUT2D eigenvalue weighted by Gasteiger charge is 2.41. The first-order valence-corrected chi connectivity index (χ1v) is 7.09. The number of carbonyl (C=O) groups excluding carboxylic acids is 1. The highest BCUT2D eigenvalue weighted by molar-refractivity contribution is 6.17. The van der Waals surface area contributed by atoms with E-state index in [9.17, 15) is 4.79 Å². The summed E-state index contributed by atoms with van der Waals surface area (Å²) in [5, 5.41) is 3.07. The van der Waals surface area contributed by atoms with Crippen molar-refractivity contribution in [1.29, 1.82) is 0 Å². The molecule has 18 heavy (non-hydrogen) atoms. The SMILES string of the molecule is CC(C(=O)NCC1(CCCl)CC1)c1ccccc1. The van der Waals surface area contributed by atoms with Crippen molar-refractivity contribution in [3.05, 3.63) is 35.9 Å². The van der Waals surface area contributed by atoms with Gasteiger partial charge in [-0.3, -0.25) is 4.79 Å². The quantitative estimate of drug-likeness (QED) is 0.786. The van der Waals surface area contributed by atoms with E-state index < -0.39 is 0 Å². The van der Waals surface area contributed by atoms with Crippen molar-refractivity contribution < 1.29 is 4.79 Å². The summed E-state index contributed by atoms with van der Waals surface area (Å²) in [5.41, 5.74) is 1.37. The van der Waals surface area contributed by atoms with Gasteiger partial charge in [0, 0.05) is 12.4 Å². The van der Waals surface area contributed by atoms with Crippen LogP contribution >= 0.6 is 11.6 Å². The van der Waals surface area contributed by atoms with Crippen molar-refractivity contribution in [2.75, 3.05) is 12.4 Å². The maximum absolute atomic E-state index is 12.1. The van der Waals surface area contributed by atoms with E-state index in [1.54, 1.807) is 0 Å². The number of carbonyl (C=O) groups is 1. The third-order valence-electron chi connectivity index (χ3n) is 3.91. The van der Waals surface area contributed by atoms with Gasteiger partial charge in [-0.15, -0.1) is 11.6 Å². The second kappa shape index (κ2) is 5.75. The normalized spacial score (nSPS) is 18.1. The first-order valence-electron chi connectivity index (χ1n) is 6.55. The maximum atomic E-state index is 12.1. The Hall–Kier alpha value is -1.02. The molecule has 1 atom stereocenters. The first-order chi connectivity index (χ1) is 8.67. The lowest BCUT2D eigenvalue weighted by Gasteiger charge is -2.17. The highest BCUT2D eigenvalue weighted by Crippen LogP contribution is 2.48. The van der Waals surface area contributed by atoms with Crippen LogP contribution in [0.3, 0.4) is 0 Å². The molecule has 1 fully saturated rings. The lowest BCUT2D eigenvalue weighted by molar-refractivity contribution is -0.122. The maximum Gasteiger partial charge on any atom is 0.227 e. The fourth-order valence-electron chi connectivity index (χ4n) is 2.21. The molecule has 0 aliphatic heterocycles. The van der Waals surface area contributed by atoms with Crippen molar-refractivity contribution in [3.63, 3.8) is 0 Å². The molecule has 0 heterocycles. The predicted molar refractivity (Wildman–Crippen MR) is 74.9 cm³/mol. The van der Waals surface area contributed by atoms with Crippen molar-refractivity contribution >= 4 is 17.5 Å². The zero-order chi connectivity index (χ0) is 13.0. The van der Waals surface area contributed by atoms with E-state index in [4.69, 9.17) is 11.6 Å². The summed E-state index contributed by atoms with van der Waals surface area (Å²) < 4.78 is 0. The van der Waals surface area contributed by atoms with Crippen molar-refractivity contribution in [2.45, 2.75) is 32.1 Å². The Morgan fingerprint density at radius 1 is 1.39 bits per heavy atom. The molecule has 0 saturated heterocycles. The van der Waals surface area contributed by atoms with Gasteiger partial charge in [0.05, 0.1) is 5.92 Å². The summed E-state index contributed by atoms with van der Waals surface area (Å²) in [4.78, 5) is 12.1. The average Bonchev–Trinajstić information content (AvgIpc) is 3.17. The van der Waals surface area contributed by atoms with Crippen LogP contribution in [0.5, 0.6) is 0 Å². The molecule has 1 unspecified atom stereocenters. The molecular weight excluding hydrogens is 246 g/mol. The van der Waals surface area contributed by atoms with Crippen LogP contribution in [0.15, 0.2) is 30.3 Å². The van der Waals surface area contributed by atoms with Crippen LogP contribution in [0.4, 0.5) is 0 Å². The lowest BCUT2D eigenvalue weighted by atomic mass is 9.99. The lowest BCUT2D eigenvalue weighted by Crippen LogP contribution is -2.33. The molecule has 1 aliphatic carbocycles. The molecule has 1 aromatic rings. The fraction of sp³-hybridized carbons (Fsp3) is 0.533. The van der Waals surface area contributed by atoms with Crippen molar-refractivity contribution in [3.8, 4) is 0 Å². The van der Waals surface area contributed by atoms with E-state index in [0.717, 1.165) is 18.5 Å². The summed E-state index contributed by atoms with van der Waals surface area (Å²) in [5.74, 6) is 0.712. The standard InChI is InChI=1S/C15H20ClNO/c1-12(13-5-3-2-4-6-13)14(18)17-11-15(7-8-15)9-10-16/h2-6,12H,7-11H2,1H3,(H,17,18). The summed E-state index contributed by atoms with van der Waals surface area (Å²) in [6, 6.07) is 9.89. The van der Waals surface area contributed by atoms with E-state index in [-0.39, 0.29) is 11.8 Å². The number of nitrogens with one attached hydrogen (secondary N) is 1. The fourth-order valence-corrected chi connectivity index (χ4v) is 2.61. The van der Waals surface area contributed by atoms with Gasteiger partial charge >= 0.3 is 0 Å². The number of rotatable bonds is 6. The highest BCUT2D eigenvalue weighted by atomic mass is 35.5. The second-order valence-electron chi connectivity index (χ2n) is 5.29. The zero-order valence-electron chi connectivity index (χ0n) is 10.8. The molecule has 0 spiro atoms. The van der Waals surface area contributed by atoms with Crippen LogP contribution in [0.25, 0.3) is 0 Å². The van der Waals surface area contributed by atoms with Gasteiger partial charge in [-0.25, -0.2) is 0 Å². The van der Waals surface area contributed by atoms with E-state index in [1.165, 1.54) is 12.8 Å². The Morgan fingerprint density at radius 3 is 2.61 bits per heavy atom. The molecule has 0 radical (unpaired) electrons. The summed E-state index contributed by atoms with van der Waals surface area (Å²) in [7, 11) is 0. The third kappa shape index (κ3) is 3.26. The summed E-state index contributed by atoms with van der Waals surface area (Å²) >= 11 is 5.79. The molecule has 0 bridgehead atoms. The molecule has 1 N–H and O–H groups in total.